The maximum atomic E-state index is 13.1. The van der Waals surface area contributed by atoms with Crippen LogP contribution in [0.4, 0.5) is 10.1 Å². The lowest BCUT2D eigenvalue weighted by molar-refractivity contribution is -0.113. The number of benzene rings is 1. The summed E-state index contributed by atoms with van der Waals surface area (Å²) in [6.45, 7) is 6.08. The van der Waals surface area contributed by atoms with Gasteiger partial charge in [0.1, 0.15) is 11.6 Å². The smallest absolute Gasteiger partial charge is 0.234 e. The first-order chi connectivity index (χ1) is 13.0. The Morgan fingerprint density at radius 1 is 1.44 bits per heavy atom. The highest BCUT2D eigenvalue weighted by atomic mass is 35.5. The number of nitrogens with one attached hydrogen (secondary N) is 1. The molecule has 140 valence electrons. The number of hydrogen-bond donors (Lipinski definition) is 1. The van der Waals surface area contributed by atoms with Gasteiger partial charge in [0, 0.05) is 6.54 Å². The Kier molecular flexibility index (Phi) is 5.98. The van der Waals surface area contributed by atoms with Crippen LogP contribution in [-0.2, 0) is 11.3 Å². The number of carbonyl (C=O) groups is 1. The SMILES string of the molecule is C=CCn1c(SCC(=O)Nc2ccc(F)cc2Cl)nnc1-c1ccoc1C. The molecule has 0 saturated heterocycles. The predicted molar refractivity (Wildman–Crippen MR) is 103 cm³/mol. The molecule has 0 aliphatic rings. The van der Waals surface area contributed by atoms with Gasteiger partial charge >= 0.3 is 0 Å². The van der Waals surface area contributed by atoms with Gasteiger partial charge in [0.25, 0.3) is 0 Å². The van der Waals surface area contributed by atoms with Crippen LogP contribution in [0.2, 0.25) is 5.02 Å². The highest BCUT2D eigenvalue weighted by Crippen LogP contribution is 2.27. The molecule has 3 rings (SSSR count). The number of carbonyl (C=O) groups excluding carboxylic acids is 1. The van der Waals surface area contributed by atoms with Crippen molar-refractivity contribution in [2.75, 3.05) is 11.1 Å². The quantitative estimate of drug-likeness (QED) is 0.460. The Morgan fingerprint density at radius 2 is 2.26 bits per heavy atom. The summed E-state index contributed by atoms with van der Waals surface area (Å²) in [4.78, 5) is 12.2. The van der Waals surface area contributed by atoms with Gasteiger partial charge < -0.3 is 9.73 Å². The molecule has 0 radical (unpaired) electrons. The Labute approximate surface area is 164 Å². The summed E-state index contributed by atoms with van der Waals surface area (Å²) in [5, 5.41) is 11.8. The number of anilines is 1. The zero-order valence-corrected chi connectivity index (χ0v) is 16.0. The topological polar surface area (TPSA) is 73.0 Å². The summed E-state index contributed by atoms with van der Waals surface area (Å²) in [5.74, 6) is 0.709. The van der Waals surface area contributed by atoms with E-state index in [-0.39, 0.29) is 16.7 Å². The van der Waals surface area contributed by atoms with Crippen LogP contribution in [0.15, 0.2) is 52.8 Å². The van der Waals surface area contributed by atoms with E-state index in [0.29, 0.717) is 23.2 Å². The Balaban J connectivity index is 1.72. The minimum atomic E-state index is -0.466. The van der Waals surface area contributed by atoms with E-state index >= 15 is 0 Å². The molecule has 1 aromatic carbocycles. The average Bonchev–Trinajstić information content (AvgIpc) is 3.22. The zero-order valence-electron chi connectivity index (χ0n) is 14.4. The lowest BCUT2D eigenvalue weighted by atomic mass is 10.2. The minimum absolute atomic E-state index is 0.0906. The van der Waals surface area contributed by atoms with Gasteiger partial charge in [-0.3, -0.25) is 9.36 Å². The molecular weight excluding hydrogens is 391 g/mol. The molecule has 27 heavy (non-hydrogen) atoms. The molecule has 0 bridgehead atoms. The van der Waals surface area contributed by atoms with Crippen LogP contribution < -0.4 is 5.32 Å². The van der Waals surface area contributed by atoms with Crippen molar-refractivity contribution < 1.29 is 13.6 Å². The highest BCUT2D eigenvalue weighted by Gasteiger charge is 2.18. The summed E-state index contributed by atoms with van der Waals surface area (Å²) in [5.41, 5.74) is 1.18. The van der Waals surface area contributed by atoms with Crippen LogP contribution in [0.1, 0.15) is 5.76 Å². The van der Waals surface area contributed by atoms with Crippen LogP contribution in [-0.4, -0.2) is 26.4 Å². The molecule has 0 aliphatic carbocycles. The number of aromatic nitrogens is 3. The molecule has 0 saturated carbocycles. The van der Waals surface area contributed by atoms with Crippen molar-refractivity contribution in [3.05, 3.63) is 59.8 Å². The summed E-state index contributed by atoms with van der Waals surface area (Å²) in [6, 6.07) is 5.61. The highest BCUT2D eigenvalue weighted by molar-refractivity contribution is 7.99. The van der Waals surface area contributed by atoms with E-state index in [1.54, 1.807) is 12.3 Å². The second kappa shape index (κ2) is 8.41. The molecule has 0 fully saturated rings. The van der Waals surface area contributed by atoms with Crippen LogP contribution in [0, 0.1) is 12.7 Å². The van der Waals surface area contributed by atoms with E-state index in [0.717, 1.165) is 17.4 Å². The number of rotatable bonds is 7. The van der Waals surface area contributed by atoms with E-state index < -0.39 is 5.82 Å². The first-order valence-corrected chi connectivity index (χ1v) is 9.32. The largest absolute Gasteiger partial charge is 0.469 e. The van der Waals surface area contributed by atoms with Crippen molar-refractivity contribution in [3.63, 3.8) is 0 Å². The summed E-state index contributed by atoms with van der Waals surface area (Å²) in [7, 11) is 0. The number of nitrogens with zero attached hydrogens (tertiary/aromatic N) is 3. The van der Waals surface area contributed by atoms with Gasteiger partial charge in [0.15, 0.2) is 11.0 Å². The number of halogens is 2. The molecule has 1 N–H and O–H groups in total. The van der Waals surface area contributed by atoms with E-state index in [4.69, 9.17) is 16.0 Å². The Morgan fingerprint density at radius 3 is 2.93 bits per heavy atom. The van der Waals surface area contributed by atoms with Crippen LogP contribution in [0.5, 0.6) is 0 Å². The van der Waals surface area contributed by atoms with Crippen molar-refractivity contribution in [2.45, 2.75) is 18.6 Å². The number of furan rings is 1. The van der Waals surface area contributed by atoms with Crippen molar-refractivity contribution >= 4 is 35.0 Å². The predicted octanol–water partition coefficient (Wildman–Crippen LogP) is 4.56. The van der Waals surface area contributed by atoms with Gasteiger partial charge in [-0.2, -0.15) is 0 Å². The van der Waals surface area contributed by atoms with E-state index in [1.807, 2.05) is 17.6 Å². The van der Waals surface area contributed by atoms with Gasteiger partial charge in [-0.15, -0.1) is 16.8 Å². The molecule has 2 heterocycles. The van der Waals surface area contributed by atoms with Gasteiger partial charge in [-0.25, -0.2) is 4.39 Å². The van der Waals surface area contributed by atoms with Gasteiger partial charge in [-0.05, 0) is 31.2 Å². The average molecular weight is 407 g/mol. The van der Waals surface area contributed by atoms with Crippen LogP contribution in [0.3, 0.4) is 0 Å². The van der Waals surface area contributed by atoms with Gasteiger partial charge in [-0.1, -0.05) is 29.4 Å². The molecule has 3 aromatic rings. The van der Waals surface area contributed by atoms with Crippen molar-refractivity contribution in [1.29, 1.82) is 0 Å². The number of hydrogen-bond acceptors (Lipinski definition) is 5. The second-order valence-electron chi connectivity index (χ2n) is 5.56. The van der Waals surface area contributed by atoms with Crippen molar-refractivity contribution in [3.8, 4) is 11.4 Å². The number of allylic oxidation sites excluding steroid dienone is 1. The van der Waals surface area contributed by atoms with Gasteiger partial charge in [0.2, 0.25) is 5.91 Å². The molecule has 0 aliphatic heterocycles. The van der Waals surface area contributed by atoms with Crippen molar-refractivity contribution in [1.82, 2.24) is 14.8 Å². The Hall–Kier alpha value is -2.58. The van der Waals surface area contributed by atoms with E-state index in [2.05, 4.69) is 22.1 Å². The molecule has 9 heteroatoms. The number of thioether (sulfide) groups is 1. The summed E-state index contributed by atoms with van der Waals surface area (Å²) >= 11 is 7.15. The van der Waals surface area contributed by atoms with E-state index in [9.17, 15) is 9.18 Å². The molecule has 0 atom stereocenters. The summed E-state index contributed by atoms with van der Waals surface area (Å²) < 4.78 is 20.3. The van der Waals surface area contributed by atoms with Crippen LogP contribution in [0.25, 0.3) is 11.4 Å². The fraction of sp³-hybridized carbons (Fsp3) is 0.167. The number of aryl methyl sites for hydroxylation is 1. The molecule has 0 spiro atoms. The zero-order chi connectivity index (χ0) is 19.4. The fourth-order valence-electron chi connectivity index (χ4n) is 2.41. The normalized spacial score (nSPS) is 10.8. The molecule has 1 amide bonds. The Bertz CT molecular complexity index is 986. The lowest BCUT2D eigenvalue weighted by Gasteiger charge is -2.08. The third-order valence-electron chi connectivity index (χ3n) is 3.67. The molecule has 2 aromatic heterocycles. The fourth-order valence-corrected chi connectivity index (χ4v) is 3.37. The first kappa shape index (κ1) is 19.2. The minimum Gasteiger partial charge on any atom is -0.469 e. The lowest BCUT2D eigenvalue weighted by Crippen LogP contribution is -2.15. The molecular formula is C18H16ClFN4O2S. The van der Waals surface area contributed by atoms with Crippen LogP contribution >= 0.6 is 23.4 Å². The second-order valence-corrected chi connectivity index (χ2v) is 6.91. The third-order valence-corrected chi connectivity index (χ3v) is 4.95. The maximum absolute atomic E-state index is 13.1. The monoisotopic (exact) mass is 406 g/mol. The number of amides is 1. The van der Waals surface area contributed by atoms with Crippen molar-refractivity contribution in [2.24, 2.45) is 0 Å². The standard InChI is InChI=1S/C18H16ClFN4O2S/c1-3-7-24-17(13-6-8-26-11(13)2)22-23-18(24)27-10-16(25)21-15-5-4-12(20)9-14(15)19/h3-6,8-9H,1,7,10H2,2H3,(H,21,25). The third kappa shape index (κ3) is 4.40. The maximum Gasteiger partial charge on any atom is 0.234 e. The summed E-state index contributed by atoms with van der Waals surface area (Å²) in [6.07, 6.45) is 3.31. The first-order valence-electron chi connectivity index (χ1n) is 7.96. The van der Waals surface area contributed by atoms with Gasteiger partial charge in [0.05, 0.1) is 28.3 Å². The van der Waals surface area contributed by atoms with E-state index in [1.165, 1.54) is 23.9 Å². The molecule has 0 unspecified atom stereocenters. The molecule has 6 nitrogen and oxygen atoms in total.